The number of nitrogens with zero attached hydrogens (tertiary/aromatic N) is 3. The topological polar surface area (TPSA) is 84.1 Å². The van der Waals surface area contributed by atoms with E-state index in [1.165, 1.54) is 33.6 Å². The quantitative estimate of drug-likeness (QED) is 0.840. The molecule has 0 saturated carbocycles. The first kappa shape index (κ1) is 18.8. The van der Waals surface area contributed by atoms with Gasteiger partial charge in [-0.25, -0.2) is 0 Å². The van der Waals surface area contributed by atoms with Gasteiger partial charge in [-0.2, -0.15) is 0 Å². The van der Waals surface area contributed by atoms with Crippen LogP contribution in [0.25, 0.3) is 0 Å². The minimum absolute atomic E-state index is 0.00447. The summed E-state index contributed by atoms with van der Waals surface area (Å²) in [5.74, 6) is 0.432. The van der Waals surface area contributed by atoms with Crippen LogP contribution < -0.4 is 11.1 Å². The zero-order chi connectivity index (χ0) is 18.7. The number of carbonyl (C=O) groups excluding carboxylic acids is 1. The maximum atomic E-state index is 12.2. The highest BCUT2D eigenvalue weighted by Gasteiger charge is 2.22. The van der Waals surface area contributed by atoms with Crippen LogP contribution in [0.15, 0.2) is 12.1 Å². The van der Waals surface area contributed by atoms with Crippen molar-refractivity contribution < 1.29 is 4.79 Å². The number of anilines is 2. The van der Waals surface area contributed by atoms with E-state index >= 15 is 0 Å². The van der Waals surface area contributed by atoms with Crippen molar-refractivity contribution in [2.75, 3.05) is 24.1 Å². The molecule has 140 valence electrons. The lowest BCUT2D eigenvalue weighted by atomic mass is 9.92. The normalized spacial score (nSPS) is 16.0. The van der Waals surface area contributed by atoms with Crippen LogP contribution in [0.4, 0.5) is 10.3 Å². The maximum Gasteiger partial charge on any atom is 0.226 e. The van der Waals surface area contributed by atoms with Gasteiger partial charge in [0.2, 0.25) is 16.2 Å². The Balaban J connectivity index is 1.48. The third-order valence-electron chi connectivity index (χ3n) is 5.09. The first-order chi connectivity index (χ1) is 12.4. The maximum absolute atomic E-state index is 12.2. The minimum atomic E-state index is 0.00447. The van der Waals surface area contributed by atoms with E-state index < -0.39 is 0 Å². The third-order valence-corrected chi connectivity index (χ3v) is 5.76. The molecule has 1 amide bonds. The number of aryl methyl sites for hydroxylation is 3. The number of hydrogen-bond acceptors (Lipinski definition) is 6. The van der Waals surface area contributed by atoms with Crippen LogP contribution in [0.5, 0.6) is 0 Å². The number of carbonyl (C=O) groups is 1. The van der Waals surface area contributed by atoms with E-state index in [2.05, 4.69) is 53.3 Å². The summed E-state index contributed by atoms with van der Waals surface area (Å²) in [7, 11) is 0. The largest absolute Gasteiger partial charge is 0.374 e. The highest BCUT2D eigenvalue weighted by molar-refractivity contribution is 7.18. The van der Waals surface area contributed by atoms with Crippen LogP contribution in [-0.2, 0) is 11.3 Å². The van der Waals surface area contributed by atoms with Crippen LogP contribution in [-0.4, -0.2) is 34.1 Å². The fourth-order valence-corrected chi connectivity index (χ4v) is 4.28. The molecule has 0 radical (unpaired) electrons. The van der Waals surface area contributed by atoms with E-state index in [0.717, 1.165) is 32.5 Å². The Hall–Kier alpha value is -1.99. The van der Waals surface area contributed by atoms with Gasteiger partial charge < -0.3 is 11.1 Å². The number of rotatable bonds is 5. The number of amides is 1. The molecule has 0 spiro atoms. The zero-order valence-corrected chi connectivity index (χ0v) is 16.5. The Kier molecular flexibility index (Phi) is 5.88. The van der Waals surface area contributed by atoms with Crippen molar-refractivity contribution in [2.45, 2.75) is 46.6 Å². The summed E-state index contributed by atoms with van der Waals surface area (Å²) in [6.45, 7) is 9.63. The van der Waals surface area contributed by atoms with Gasteiger partial charge in [-0.1, -0.05) is 29.0 Å². The average molecular weight is 374 g/mol. The van der Waals surface area contributed by atoms with E-state index in [4.69, 9.17) is 5.73 Å². The number of likely N-dealkylation sites (tertiary alicyclic amines) is 1. The Morgan fingerprint density at radius 3 is 2.46 bits per heavy atom. The predicted octanol–water partition coefficient (Wildman–Crippen LogP) is 3.29. The van der Waals surface area contributed by atoms with E-state index in [0.29, 0.717) is 22.6 Å². The van der Waals surface area contributed by atoms with Crippen LogP contribution in [0.2, 0.25) is 0 Å². The highest BCUT2D eigenvalue weighted by atomic mass is 32.1. The number of piperidine rings is 1. The lowest BCUT2D eigenvalue weighted by molar-refractivity contribution is -0.117. The van der Waals surface area contributed by atoms with Gasteiger partial charge in [-0.3, -0.25) is 9.69 Å². The smallest absolute Gasteiger partial charge is 0.226 e. The molecule has 1 aliphatic rings. The lowest BCUT2D eigenvalue weighted by Crippen LogP contribution is -2.34. The second kappa shape index (κ2) is 8.14. The Bertz CT molecular complexity index is 757. The Morgan fingerprint density at radius 1 is 1.23 bits per heavy atom. The van der Waals surface area contributed by atoms with Crippen molar-refractivity contribution in [3.05, 3.63) is 34.4 Å². The standard InChI is InChI=1S/C19H27N5OS/c1-12-8-13(2)16(14(3)9-12)11-24-6-4-15(5-7-24)10-17(25)21-19-23-22-18(20)26-19/h8-9,15H,4-7,10-11H2,1-3H3,(H2,20,22)(H,21,23,25). The van der Waals surface area contributed by atoms with Crippen LogP contribution in [0.3, 0.4) is 0 Å². The van der Waals surface area contributed by atoms with E-state index in [-0.39, 0.29) is 5.91 Å². The molecule has 1 saturated heterocycles. The highest BCUT2D eigenvalue weighted by Crippen LogP contribution is 2.25. The molecule has 3 N–H and O–H groups in total. The fourth-order valence-electron chi connectivity index (χ4n) is 3.75. The van der Waals surface area contributed by atoms with Crippen LogP contribution in [0.1, 0.15) is 41.5 Å². The van der Waals surface area contributed by atoms with Gasteiger partial charge in [-0.05, 0) is 69.3 Å². The molecule has 6 nitrogen and oxygen atoms in total. The first-order valence-corrected chi connectivity index (χ1v) is 9.90. The van der Waals surface area contributed by atoms with E-state index in [1.54, 1.807) is 0 Å². The summed E-state index contributed by atoms with van der Waals surface area (Å²) in [5, 5.41) is 11.2. The van der Waals surface area contributed by atoms with Gasteiger partial charge in [0.05, 0.1) is 0 Å². The number of aromatic nitrogens is 2. The van der Waals surface area contributed by atoms with Crippen LogP contribution in [0, 0.1) is 26.7 Å². The molecule has 0 atom stereocenters. The molecule has 0 aliphatic carbocycles. The molecule has 7 heteroatoms. The van der Waals surface area contributed by atoms with Crippen molar-refractivity contribution in [1.29, 1.82) is 0 Å². The monoisotopic (exact) mass is 373 g/mol. The predicted molar refractivity (Wildman–Crippen MR) is 106 cm³/mol. The molecule has 2 heterocycles. The summed E-state index contributed by atoms with van der Waals surface area (Å²) >= 11 is 1.20. The number of hydrogen-bond donors (Lipinski definition) is 2. The molecule has 0 unspecified atom stereocenters. The van der Waals surface area contributed by atoms with Crippen molar-refractivity contribution in [1.82, 2.24) is 15.1 Å². The van der Waals surface area contributed by atoms with Gasteiger partial charge in [-0.15, -0.1) is 10.2 Å². The Labute approximate surface area is 158 Å². The SMILES string of the molecule is Cc1cc(C)c(CN2CCC(CC(=O)Nc3nnc(N)s3)CC2)c(C)c1. The molecule has 3 rings (SSSR count). The minimum Gasteiger partial charge on any atom is -0.374 e. The van der Waals surface area contributed by atoms with E-state index in [9.17, 15) is 4.79 Å². The average Bonchev–Trinajstić information content (AvgIpc) is 2.97. The second-order valence-corrected chi connectivity index (χ2v) is 8.30. The zero-order valence-electron chi connectivity index (χ0n) is 15.7. The Morgan fingerprint density at radius 2 is 1.88 bits per heavy atom. The lowest BCUT2D eigenvalue weighted by Gasteiger charge is -2.32. The summed E-state index contributed by atoms with van der Waals surface area (Å²) in [6.07, 6.45) is 2.64. The second-order valence-electron chi connectivity index (χ2n) is 7.29. The summed E-state index contributed by atoms with van der Waals surface area (Å²) in [5.41, 5.74) is 11.1. The van der Waals surface area contributed by atoms with Gasteiger partial charge in [0.15, 0.2) is 0 Å². The third kappa shape index (κ3) is 4.80. The molecular weight excluding hydrogens is 346 g/mol. The number of nitrogen functional groups attached to an aromatic ring is 1. The van der Waals surface area contributed by atoms with Crippen molar-refractivity contribution in [3.63, 3.8) is 0 Å². The van der Waals surface area contributed by atoms with Gasteiger partial charge >= 0.3 is 0 Å². The molecule has 0 bridgehead atoms. The van der Waals surface area contributed by atoms with Crippen molar-refractivity contribution in [3.8, 4) is 0 Å². The number of benzene rings is 1. The van der Waals surface area contributed by atoms with Gasteiger partial charge in [0, 0.05) is 13.0 Å². The molecule has 2 aromatic rings. The van der Waals surface area contributed by atoms with Crippen LogP contribution >= 0.6 is 11.3 Å². The molecule has 1 aromatic carbocycles. The van der Waals surface area contributed by atoms with Crippen molar-refractivity contribution >= 4 is 27.5 Å². The molecular formula is C19H27N5OS. The number of nitrogens with two attached hydrogens (primary N) is 1. The summed E-state index contributed by atoms with van der Waals surface area (Å²) in [6, 6.07) is 4.53. The van der Waals surface area contributed by atoms with Gasteiger partial charge in [0.1, 0.15) is 0 Å². The van der Waals surface area contributed by atoms with E-state index in [1.807, 2.05) is 0 Å². The first-order valence-electron chi connectivity index (χ1n) is 9.08. The molecule has 1 aliphatic heterocycles. The molecule has 1 aromatic heterocycles. The molecule has 26 heavy (non-hydrogen) atoms. The van der Waals surface area contributed by atoms with Crippen molar-refractivity contribution in [2.24, 2.45) is 5.92 Å². The van der Waals surface area contributed by atoms with Gasteiger partial charge in [0.25, 0.3) is 0 Å². The molecule has 1 fully saturated rings. The fraction of sp³-hybridized carbons (Fsp3) is 0.526. The number of nitrogens with one attached hydrogen (secondary N) is 1. The summed E-state index contributed by atoms with van der Waals surface area (Å²) < 4.78 is 0. The summed E-state index contributed by atoms with van der Waals surface area (Å²) in [4.78, 5) is 14.7.